The predicted molar refractivity (Wildman–Crippen MR) is 58.9 cm³/mol. The van der Waals surface area contributed by atoms with Crippen LogP contribution in [0.4, 0.5) is 5.69 Å². The standard InChI is InChI=1S/C11H9N3O2/c1-8-4-9(6-12-5-8)11-3-2-10(7-13-11)14(15)16/h2-7H,1H3. The molecule has 0 aromatic carbocycles. The Morgan fingerprint density at radius 3 is 2.62 bits per heavy atom. The zero-order valence-corrected chi connectivity index (χ0v) is 8.62. The molecule has 5 nitrogen and oxygen atoms in total. The highest BCUT2D eigenvalue weighted by molar-refractivity contribution is 5.59. The second-order valence-corrected chi connectivity index (χ2v) is 3.41. The molecule has 0 spiro atoms. The molecule has 0 aliphatic carbocycles. The molecular weight excluding hydrogens is 206 g/mol. The van der Waals surface area contributed by atoms with Crippen molar-refractivity contribution in [2.45, 2.75) is 6.92 Å². The molecule has 2 rings (SSSR count). The number of pyridine rings is 2. The minimum absolute atomic E-state index is 0.00985. The van der Waals surface area contributed by atoms with Crippen molar-refractivity contribution in [2.24, 2.45) is 0 Å². The first kappa shape index (κ1) is 10.2. The van der Waals surface area contributed by atoms with Gasteiger partial charge in [0.25, 0.3) is 5.69 Å². The second-order valence-electron chi connectivity index (χ2n) is 3.41. The number of hydrogen-bond acceptors (Lipinski definition) is 4. The highest BCUT2D eigenvalue weighted by Gasteiger charge is 2.06. The molecule has 80 valence electrons. The number of rotatable bonds is 2. The van der Waals surface area contributed by atoms with Crippen LogP contribution in [0.5, 0.6) is 0 Å². The lowest BCUT2D eigenvalue weighted by Crippen LogP contribution is -1.90. The van der Waals surface area contributed by atoms with Crippen LogP contribution >= 0.6 is 0 Å². The van der Waals surface area contributed by atoms with E-state index >= 15 is 0 Å². The molecule has 0 fully saturated rings. The van der Waals surface area contributed by atoms with Crippen LogP contribution in [0, 0.1) is 17.0 Å². The van der Waals surface area contributed by atoms with Crippen LogP contribution in [-0.2, 0) is 0 Å². The summed E-state index contributed by atoms with van der Waals surface area (Å²) in [5.74, 6) is 0. The number of aryl methyl sites for hydroxylation is 1. The lowest BCUT2D eigenvalue weighted by Gasteiger charge is -2.00. The molecule has 0 atom stereocenters. The predicted octanol–water partition coefficient (Wildman–Crippen LogP) is 2.36. The van der Waals surface area contributed by atoms with Gasteiger partial charge in [0, 0.05) is 24.0 Å². The molecule has 5 heteroatoms. The van der Waals surface area contributed by atoms with Gasteiger partial charge >= 0.3 is 0 Å². The first-order valence-corrected chi connectivity index (χ1v) is 4.69. The van der Waals surface area contributed by atoms with E-state index < -0.39 is 4.92 Å². The topological polar surface area (TPSA) is 68.9 Å². The molecule has 0 aliphatic heterocycles. The van der Waals surface area contributed by atoms with Crippen molar-refractivity contribution in [1.29, 1.82) is 0 Å². The Kier molecular flexibility index (Phi) is 2.59. The van der Waals surface area contributed by atoms with Crippen LogP contribution in [0.2, 0.25) is 0 Å². The SMILES string of the molecule is Cc1cncc(-c2ccc([N+](=O)[O-])cn2)c1. The second kappa shape index (κ2) is 4.06. The van der Waals surface area contributed by atoms with Gasteiger partial charge in [0.2, 0.25) is 0 Å². The van der Waals surface area contributed by atoms with Crippen molar-refractivity contribution >= 4 is 5.69 Å². The van der Waals surface area contributed by atoms with Crippen LogP contribution in [0.3, 0.4) is 0 Å². The first-order chi connectivity index (χ1) is 7.66. The molecule has 0 amide bonds. The Morgan fingerprint density at radius 1 is 1.25 bits per heavy atom. The van der Waals surface area contributed by atoms with Gasteiger partial charge in [0.1, 0.15) is 6.20 Å². The Balaban J connectivity index is 2.38. The van der Waals surface area contributed by atoms with Crippen molar-refractivity contribution in [3.8, 4) is 11.3 Å². The summed E-state index contributed by atoms with van der Waals surface area (Å²) < 4.78 is 0. The monoisotopic (exact) mass is 215 g/mol. The maximum absolute atomic E-state index is 10.5. The molecule has 0 N–H and O–H groups in total. The van der Waals surface area contributed by atoms with E-state index in [4.69, 9.17) is 0 Å². The average Bonchev–Trinajstić information content (AvgIpc) is 2.29. The molecule has 0 unspecified atom stereocenters. The normalized spacial score (nSPS) is 10.1. The zero-order chi connectivity index (χ0) is 11.5. The minimum atomic E-state index is -0.467. The summed E-state index contributed by atoms with van der Waals surface area (Å²) in [6, 6.07) is 4.99. The van der Waals surface area contributed by atoms with Gasteiger partial charge in [-0.2, -0.15) is 0 Å². The molecular formula is C11H9N3O2. The molecule has 2 aromatic heterocycles. The number of nitro groups is 1. The van der Waals surface area contributed by atoms with Crippen LogP contribution in [0.1, 0.15) is 5.56 Å². The van der Waals surface area contributed by atoms with Crippen molar-refractivity contribution in [1.82, 2.24) is 9.97 Å². The molecule has 2 heterocycles. The van der Waals surface area contributed by atoms with Crippen molar-refractivity contribution in [3.05, 3.63) is 52.5 Å². The summed E-state index contributed by atoms with van der Waals surface area (Å²) in [6.45, 7) is 1.93. The highest BCUT2D eigenvalue weighted by atomic mass is 16.6. The van der Waals surface area contributed by atoms with E-state index in [1.165, 1.54) is 12.3 Å². The van der Waals surface area contributed by atoms with Crippen LogP contribution < -0.4 is 0 Å². The maximum atomic E-state index is 10.5. The van der Waals surface area contributed by atoms with Gasteiger partial charge < -0.3 is 0 Å². The van der Waals surface area contributed by atoms with Gasteiger partial charge in [-0.1, -0.05) is 0 Å². The summed E-state index contributed by atoms with van der Waals surface area (Å²) in [5.41, 5.74) is 2.55. The van der Waals surface area contributed by atoms with Crippen LogP contribution in [0.25, 0.3) is 11.3 Å². The summed E-state index contributed by atoms with van der Waals surface area (Å²) in [7, 11) is 0. The van der Waals surface area contributed by atoms with E-state index in [-0.39, 0.29) is 5.69 Å². The molecule has 0 saturated heterocycles. The fourth-order valence-electron chi connectivity index (χ4n) is 1.36. The largest absolute Gasteiger partial charge is 0.287 e. The van der Waals surface area contributed by atoms with Crippen molar-refractivity contribution in [3.63, 3.8) is 0 Å². The summed E-state index contributed by atoms with van der Waals surface area (Å²) in [6.07, 6.45) is 4.67. The van der Waals surface area contributed by atoms with Gasteiger partial charge in [-0.25, -0.2) is 4.98 Å². The van der Waals surface area contributed by atoms with Crippen molar-refractivity contribution in [2.75, 3.05) is 0 Å². The van der Waals surface area contributed by atoms with E-state index in [1.54, 1.807) is 18.5 Å². The number of nitrogens with zero attached hydrogens (tertiary/aromatic N) is 3. The average molecular weight is 215 g/mol. The fraction of sp³-hybridized carbons (Fsp3) is 0.0909. The zero-order valence-electron chi connectivity index (χ0n) is 8.62. The van der Waals surface area contributed by atoms with E-state index in [2.05, 4.69) is 9.97 Å². The van der Waals surface area contributed by atoms with E-state index in [1.807, 2.05) is 13.0 Å². The van der Waals surface area contributed by atoms with Gasteiger partial charge in [0.05, 0.1) is 10.6 Å². The summed E-state index contributed by atoms with van der Waals surface area (Å²) in [5, 5.41) is 10.5. The van der Waals surface area contributed by atoms with Gasteiger partial charge in [-0.3, -0.25) is 15.1 Å². The maximum Gasteiger partial charge on any atom is 0.287 e. The van der Waals surface area contributed by atoms with Gasteiger partial charge in [-0.05, 0) is 24.6 Å². The first-order valence-electron chi connectivity index (χ1n) is 4.69. The third-order valence-electron chi connectivity index (χ3n) is 2.13. The molecule has 16 heavy (non-hydrogen) atoms. The lowest BCUT2D eigenvalue weighted by molar-refractivity contribution is -0.385. The quantitative estimate of drug-likeness (QED) is 0.569. The summed E-state index contributed by atoms with van der Waals surface area (Å²) >= 11 is 0. The number of aromatic nitrogens is 2. The smallest absolute Gasteiger partial charge is 0.264 e. The highest BCUT2D eigenvalue weighted by Crippen LogP contribution is 2.19. The van der Waals surface area contributed by atoms with Gasteiger partial charge in [-0.15, -0.1) is 0 Å². The van der Waals surface area contributed by atoms with E-state index in [0.29, 0.717) is 5.69 Å². The Bertz CT molecular complexity index is 523. The van der Waals surface area contributed by atoms with Gasteiger partial charge in [0.15, 0.2) is 0 Å². The lowest BCUT2D eigenvalue weighted by atomic mass is 10.1. The Morgan fingerprint density at radius 2 is 2.06 bits per heavy atom. The molecule has 0 bridgehead atoms. The Hall–Kier alpha value is -2.30. The fourth-order valence-corrected chi connectivity index (χ4v) is 1.36. The van der Waals surface area contributed by atoms with E-state index in [9.17, 15) is 10.1 Å². The van der Waals surface area contributed by atoms with Crippen LogP contribution in [0.15, 0.2) is 36.8 Å². The van der Waals surface area contributed by atoms with Crippen molar-refractivity contribution < 1.29 is 4.92 Å². The summed E-state index contributed by atoms with van der Waals surface area (Å²) in [4.78, 5) is 18.1. The van der Waals surface area contributed by atoms with Crippen LogP contribution in [-0.4, -0.2) is 14.9 Å². The molecule has 0 radical (unpaired) electrons. The third-order valence-corrected chi connectivity index (χ3v) is 2.13. The molecule has 2 aromatic rings. The molecule has 0 aliphatic rings. The number of hydrogen-bond donors (Lipinski definition) is 0. The van der Waals surface area contributed by atoms with E-state index in [0.717, 1.165) is 11.1 Å². The minimum Gasteiger partial charge on any atom is -0.264 e. The molecule has 0 saturated carbocycles. The Labute approximate surface area is 91.9 Å². The third kappa shape index (κ3) is 2.03.